The van der Waals surface area contributed by atoms with Crippen LogP contribution in [0.5, 0.6) is 0 Å². The van der Waals surface area contributed by atoms with Gasteiger partial charge in [-0.05, 0) is 23.9 Å². The zero-order chi connectivity index (χ0) is 16.0. The van der Waals surface area contributed by atoms with Gasteiger partial charge in [-0.15, -0.1) is 12.4 Å². The standard InChI is InChI=1S/C15H23N3O3.ClH/c1-15(2,10-16)11-17(3)14(19)8-7-12-5-4-6-13(9-12)18(20)21;/h4-6,9H,7-8,10-11,16H2,1-3H3;1H. The summed E-state index contributed by atoms with van der Waals surface area (Å²) in [6.07, 6.45) is 0.826. The Labute approximate surface area is 137 Å². The molecule has 22 heavy (non-hydrogen) atoms. The lowest BCUT2D eigenvalue weighted by atomic mass is 9.93. The number of hydrogen-bond acceptors (Lipinski definition) is 4. The monoisotopic (exact) mass is 329 g/mol. The van der Waals surface area contributed by atoms with Crippen LogP contribution in [-0.4, -0.2) is 35.9 Å². The molecule has 2 N–H and O–H groups in total. The largest absolute Gasteiger partial charge is 0.345 e. The molecule has 0 heterocycles. The molecule has 0 aliphatic carbocycles. The van der Waals surface area contributed by atoms with Crippen LogP contribution in [0.15, 0.2) is 24.3 Å². The Morgan fingerprint density at radius 3 is 2.59 bits per heavy atom. The van der Waals surface area contributed by atoms with Crippen molar-refractivity contribution in [1.82, 2.24) is 4.90 Å². The first-order valence-corrected chi connectivity index (χ1v) is 6.92. The number of rotatable bonds is 7. The van der Waals surface area contributed by atoms with E-state index in [-0.39, 0.29) is 29.4 Å². The third kappa shape index (κ3) is 6.41. The number of aryl methyl sites for hydroxylation is 1. The highest BCUT2D eigenvalue weighted by Gasteiger charge is 2.21. The number of halogens is 1. The number of benzene rings is 1. The minimum absolute atomic E-state index is 0. The quantitative estimate of drug-likeness (QED) is 0.614. The molecule has 0 unspecified atom stereocenters. The Balaban J connectivity index is 0.00000441. The van der Waals surface area contributed by atoms with Crippen LogP contribution in [0.3, 0.4) is 0 Å². The molecule has 124 valence electrons. The van der Waals surface area contributed by atoms with Crippen molar-refractivity contribution >= 4 is 24.0 Å². The van der Waals surface area contributed by atoms with Crippen LogP contribution in [0.4, 0.5) is 5.69 Å². The Bertz CT molecular complexity index is 521. The van der Waals surface area contributed by atoms with Gasteiger partial charge in [-0.2, -0.15) is 0 Å². The van der Waals surface area contributed by atoms with Gasteiger partial charge in [-0.25, -0.2) is 0 Å². The van der Waals surface area contributed by atoms with Gasteiger partial charge in [0.25, 0.3) is 5.69 Å². The molecule has 1 aromatic rings. The first-order valence-electron chi connectivity index (χ1n) is 6.92. The molecule has 0 saturated heterocycles. The van der Waals surface area contributed by atoms with E-state index < -0.39 is 4.92 Å². The SMILES string of the molecule is CN(CC(C)(C)CN)C(=O)CCc1cccc([N+](=O)[O-])c1.Cl. The minimum Gasteiger partial charge on any atom is -0.345 e. The Morgan fingerprint density at radius 1 is 1.41 bits per heavy atom. The fourth-order valence-corrected chi connectivity index (χ4v) is 2.06. The maximum absolute atomic E-state index is 12.1. The second-order valence-electron chi connectivity index (χ2n) is 6.05. The number of carbonyl (C=O) groups excluding carboxylic acids is 1. The molecule has 1 rings (SSSR count). The van der Waals surface area contributed by atoms with Crippen molar-refractivity contribution in [1.29, 1.82) is 0 Å². The van der Waals surface area contributed by atoms with E-state index in [4.69, 9.17) is 5.73 Å². The van der Waals surface area contributed by atoms with Crippen molar-refractivity contribution in [2.24, 2.45) is 11.1 Å². The zero-order valence-electron chi connectivity index (χ0n) is 13.2. The lowest BCUT2D eigenvalue weighted by Crippen LogP contribution is -2.39. The summed E-state index contributed by atoms with van der Waals surface area (Å²) in [6.45, 7) is 5.13. The molecule has 0 spiro atoms. The van der Waals surface area contributed by atoms with Crippen LogP contribution >= 0.6 is 12.4 Å². The van der Waals surface area contributed by atoms with Gasteiger partial charge in [0, 0.05) is 32.1 Å². The van der Waals surface area contributed by atoms with Gasteiger partial charge in [0.2, 0.25) is 5.91 Å². The smallest absolute Gasteiger partial charge is 0.269 e. The van der Waals surface area contributed by atoms with Crippen LogP contribution in [0, 0.1) is 15.5 Å². The van der Waals surface area contributed by atoms with Crippen LogP contribution < -0.4 is 5.73 Å². The summed E-state index contributed by atoms with van der Waals surface area (Å²) in [5, 5.41) is 10.7. The number of non-ortho nitro benzene ring substituents is 1. The molecule has 0 aromatic heterocycles. The Hall–Kier alpha value is -1.66. The second-order valence-corrected chi connectivity index (χ2v) is 6.05. The van der Waals surface area contributed by atoms with Crippen LogP contribution in [-0.2, 0) is 11.2 Å². The topological polar surface area (TPSA) is 89.5 Å². The van der Waals surface area contributed by atoms with E-state index in [9.17, 15) is 14.9 Å². The summed E-state index contributed by atoms with van der Waals surface area (Å²) in [7, 11) is 1.76. The van der Waals surface area contributed by atoms with Crippen molar-refractivity contribution in [3.8, 4) is 0 Å². The number of nitrogens with two attached hydrogens (primary N) is 1. The van der Waals surface area contributed by atoms with Gasteiger partial charge < -0.3 is 10.6 Å². The second kappa shape index (κ2) is 8.70. The van der Waals surface area contributed by atoms with E-state index in [1.807, 2.05) is 13.8 Å². The highest BCUT2D eigenvalue weighted by atomic mass is 35.5. The summed E-state index contributed by atoms with van der Waals surface area (Å²) < 4.78 is 0. The van der Waals surface area contributed by atoms with E-state index >= 15 is 0 Å². The summed E-state index contributed by atoms with van der Waals surface area (Å²) in [5.74, 6) is 0.0167. The number of hydrogen-bond donors (Lipinski definition) is 1. The fourth-order valence-electron chi connectivity index (χ4n) is 2.06. The number of nitro benzene ring substituents is 1. The molecule has 7 heteroatoms. The molecule has 0 atom stereocenters. The summed E-state index contributed by atoms with van der Waals surface area (Å²) in [4.78, 5) is 24.0. The van der Waals surface area contributed by atoms with Crippen molar-refractivity contribution in [3.05, 3.63) is 39.9 Å². The number of amides is 1. The molecular formula is C15H24ClN3O3. The summed E-state index contributed by atoms with van der Waals surface area (Å²) in [5.41, 5.74) is 6.40. The summed E-state index contributed by atoms with van der Waals surface area (Å²) >= 11 is 0. The van der Waals surface area contributed by atoms with E-state index in [1.54, 1.807) is 24.1 Å². The van der Waals surface area contributed by atoms with Crippen molar-refractivity contribution in [2.45, 2.75) is 26.7 Å². The predicted molar refractivity (Wildman–Crippen MR) is 89.1 cm³/mol. The van der Waals surface area contributed by atoms with Gasteiger partial charge in [-0.1, -0.05) is 26.0 Å². The van der Waals surface area contributed by atoms with Crippen LogP contribution in [0.1, 0.15) is 25.8 Å². The Kier molecular flexibility index (Phi) is 8.05. The zero-order valence-corrected chi connectivity index (χ0v) is 14.1. The first-order chi connectivity index (χ1) is 9.75. The molecule has 0 aliphatic rings. The Morgan fingerprint density at radius 2 is 2.05 bits per heavy atom. The molecule has 0 radical (unpaired) electrons. The fraction of sp³-hybridized carbons (Fsp3) is 0.533. The minimum atomic E-state index is -0.429. The highest BCUT2D eigenvalue weighted by Crippen LogP contribution is 2.17. The van der Waals surface area contributed by atoms with Crippen molar-refractivity contribution in [3.63, 3.8) is 0 Å². The van der Waals surface area contributed by atoms with Gasteiger partial charge in [0.05, 0.1) is 4.92 Å². The van der Waals surface area contributed by atoms with E-state index in [2.05, 4.69) is 0 Å². The van der Waals surface area contributed by atoms with E-state index in [0.717, 1.165) is 5.56 Å². The lowest BCUT2D eigenvalue weighted by Gasteiger charge is -2.29. The van der Waals surface area contributed by atoms with Gasteiger partial charge in [0.15, 0.2) is 0 Å². The average Bonchev–Trinajstić information content (AvgIpc) is 2.44. The molecule has 0 saturated carbocycles. The molecule has 1 amide bonds. The van der Waals surface area contributed by atoms with Crippen LogP contribution in [0.2, 0.25) is 0 Å². The normalized spacial score (nSPS) is 10.7. The van der Waals surface area contributed by atoms with Crippen molar-refractivity contribution < 1.29 is 9.72 Å². The van der Waals surface area contributed by atoms with Gasteiger partial charge in [-0.3, -0.25) is 14.9 Å². The number of carbonyl (C=O) groups is 1. The first kappa shape index (κ1) is 20.3. The van der Waals surface area contributed by atoms with Gasteiger partial charge in [0.1, 0.15) is 0 Å². The number of nitro groups is 1. The molecular weight excluding hydrogens is 306 g/mol. The molecule has 0 fully saturated rings. The maximum Gasteiger partial charge on any atom is 0.269 e. The van der Waals surface area contributed by atoms with E-state index in [1.165, 1.54) is 12.1 Å². The molecule has 0 bridgehead atoms. The van der Waals surface area contributed by atoms with Crippen molar-refractivity contribution in [2.75, 3.05) is 20.1 Å². The third-order valence-electron chi connectivity index (χ3n) is 3.39. The highest BCUT2D eigenvalue weighted by molar-refractivity contribution is 5.85. The third-order valence-corrected chi connectivity index (χ3v) is 3.39. The summed E-state index contributed by atoms with van der Waals surface area (Å²) in [6, 6.07) is 6.39. The maximum atomic E-state index is 12.1. The lowest BCUT2D eigenvalue weighted by molar-refractivity contribution is -0.384. The predicted octanol–water partition coefficient (Wildman–Crippen LogP) is 2.39. The molecule has 6 nitrogen and oxygen atoms in total. The molecule has 0 aliphatic heterocycles. The van der Waals surface area contributed by atoms with Gasteiger partial charge >= 0.3 is 0 Å². The number of nitrogens with zero attached hydrogens (tertiary/aromatic N) is 2. The van der Waals surface area contributed by atoms with E-state index in [0.29, 0.717) is 25.9 Å². The van der Waals surface area contributed by atoms with Crippen LogP contribution in [0.25, 0.3) is 0 Å². The molecule has 1 aromatic carbocycles. The average molecular weight is 330 g/mol.